The number of imidazole rings is 1. The summed E-state index contributed by atoms with van der Waals surface area (Å²) in [6.45, 7) is -0.531. The van der Waals surface area contributed by atoms with Gasteiger partial charge in [-0.05, 0) is 0 Å². The number of hydrogen-bond donors (Lipinski definition) is 3. The Labute approximate surface area is 123 Å². The number of ether oxygens (including phenoxy) is 1. The number of aromatic nitrogens is 4. The Morgan fingerprint density at radius 3 is 3.00 bits per heavy atom. The van der Waals surface area contributed by atoms with Crippen LogP contribution in [0.25, 0.3) is 11.2 Å². The van der Waals surface area contributed by atoms with Crippen molar-refractivity contribution in [3.8, 4) is 0 Å². The predicted molar refractivity (Wildman–Crippen MR) is 70.2 cm³/mol. The molecule has 11 nitrogen and oxygen atoms in total. The van der Waals surface area contributed by atoms with Crippen LogP contribution in [0.3, 0.4) is 0 Å². The van der Waals surface area contributed by atoms with Gasteiger partial charge < -0.3 is 14.8 Å². The SMILES string of the molecule is O=c1[nH]cnc2c1ncn2[C@H]1C[C@H](O)[C@@H](COS(=O)(=O)O)O1. The van der Waals surface area contributed by atoms with Gasteiger partial charge in [0.15, 0.2) is 11.2 Å². The molecular formula is C10H12N4O7S. The van der Waals surface area contributed by atoms with Crippen LogP contribution in [0.15, 0.2) is 17.4 Å². The molecule has 2 aromatic heterocycles. The Hall–Kier alpha value is -1.86. The fourth-order valence-corrected chi connectivity index (χ4v) is 2.57. The predicted octanol–water partition coefficient (Wildman–Crippen LogP) is -1.41. The molecule has 3 atom stereocenters. The molecule has 3 heterocycles. The fraction of sp³-hybridized carbons (Fsp3) is 0.500. The molecular weight excluding hydrogens is 320 g/mol. The molecule has 0 amide bonds. The molecule has 1 aliphatic rings. The number of aliphatic hydroxyl groups is 1. The van der Waals surface area contributed by atoms with Gasteiger partial charge >= 0.3 is 10.4 Å². The molecule has 0 aromatic carbocycles. The lowest BCUT2D eigenvalue weighted by Gasteiger charge is -2.14. The number of aromatic amines is 1. The van der Waals surface area contributed by atoms with Gasteiger partial charge in [0.1, 0.15) is 12.3 Å². The first kappa shape index (κ1) is 15.1. The monoisotopic (exact) mass is 332 g/mol. The van der Waals surface area contributed by atoms with Gasteiger partial charge in [0.25, 0.3) is 5.56 Å². The van der Waals surface area contributed by atoms with Crippen LogP contribution >= 0.6 is 0 Å². The normalized spacial score (nSPS) is 25.8. The van der Waals surface area contributed by atoms with E-state index < -0.39 is 41.0 Å². The second-order valence-corrected chi connectivity index (χ2v) is 5.79. The van der Waals surface area contributed by atoms with Crippen molar-refractivity contribution in [1.82, 2.24) is 19.5 Å². The standard InChI is InChI=1S/C10H12N4O7S/c15-5-1-7(21-6(5)2-20-22(17,18)19)14-4-13-8-9(14)11-3-12-10(8)16/h3-7,15H,1-2H2,(H,11,12,16)(H,17,18,19)/t5-,6+,7+/m0/s1. The molecule has 0 saturated carbocycles. The highest BCUT2D eigenvalue weighted by Gasteiger charge is 2.36. The maximum Gasteiger partial charge on any atom is 0.397 e. The van der Waals surface area contributed by atoms with Crippen molar-refractivity contribution in [3.63, 3.8) is 0 Å². The van der Waals surface area contributed by atoms with Gasteiger partial charge in [-0.25, -0.2) is 14.2 Å². The number of fused-ring (bicyclic) bond motifs is 1. The average molecular weight is 332 g/mol. The molecule has 22 heavy (non-hydrogen) atoms. The van der Waals surface area contributed by atoms with Crippen LogP contribution in [-0.4, -0.2) is 56.4 Å². The summed E-state index contributed by atoms with van der Waals surface area (Å²) in [6, 6.07) is 0. The highest BCUT2D eigenvalue weighted by molar-refractivity contribution is 7.80. The third-order valence-electron chi connectivity index (χ3n) is 3.26. The molecule has 0 unspecified atom stereocenters. The van der Waals surface area contributed by atoms with Crippen molar-refractivity contribution in [1.29, 1.82) is 0 Å². The molecule has 1 saturated heterocycles. The van der Waals surface area contributed by atoms with Gasteiger partial charge in [-0.2, -0.15) is 8.42 Å². The lowest BCUT2D eigenvalue weighted by molar-refractivity contribution is -0.0386. The van der Waals surface area contributed by atoms with Gasteiger partial charge in [-0.1, -0.05) is 0 Å². The Morgan fingerprint density at radius 1 is 1.50 bits per heavy atom. The Morgan fingerprint density at radius 2 is 2.27 bits per heavy atom. The van der Waals surface area contributed by atoms with Gasteiger partial charge in [-0.15, -0.1) is 0 Å². The number of nitrogens with one attached hydrogen (secondary N) is 1. The molecule has 12 heteroatoms. The van der Waals surface area contributed by atoms with E-state index >= 15 is 0 Å². The molecule has 120 valence electrons. The van der Waals surface area contributed by atoms with E-state index in [0.717, 1.165) is 0 Å². The van der Waals surface area contributed by atoms with E-state index in [2.05, 4.69) is 19.1 Å². The van der Waals surface area contributed by atoms with E-state index in [4.69, 9.17) is 9.29 Å². The molecule has 3 rings (SSSR count). The number of nitrogens with zero attached hydrogens (tertiary/aromatic N) is 3. The van der Waals surface area contributed by atoms with Crippen LogP contribution in [-0.2, 0) is 19.3 Å². The summed E-state index contributed by atoms with van der Waals surface area (Å²) in [5.74, 6) is 0. The van der Waals surface area contributed by atoms with E-state index in [1.165, 1.54) is 17.2 Å². The van der Waals surface area contributed by atoms with E-state index in [9.17, 15) is 18.3 Å². The van der Waals surface area contributed by atoms with E-state index in [-0.39, 0.29) is 17.6 Å². The lowest BCUT2D eigenvalue weighted by atomic mass is 10.2. The van der Waals surface area contributed by atoms with Crippen LogP contribution in [0.1, 0.15) is 12.6 Å². The van der Waals surface area contributed by atoms with Gasteiger partial charge in [-0.3, -0.25) is 13.9 Å². The van der Waals surface area contributed by atoms with Crippen molar-refractivity contribution in [2.75, 3.05) is 6.61 Å². The number of hydrogen-bond acceptors (Lipinski definition) is 8. The van der Waals surface area contributed by atoms with Crippen molar-refractivity contribution in [2.45, 2.75) is 24.9 Å². The minimum absolute atomic E-state index is 0.123. The molecule has 0 radical (unpaired) electrons. The van der Waals surface area contributed by atoms with Crippen molar-refractivity contribution in [3.05, 3.63) is 23.0 Å². The van der Waals surface area contributed by atoms with Crippen molar-refractivity contribution < 1.29 is 27.0 Å². The fourth-order valence-electron chi connectivity index (χ4n) is 2.26. The Bertz CT molecular complexity index is 844. The first-order valence-corrected chi connectivity index (χ1v) is 7.57. The quantitative estimate of drug-likeness (QED) is 0.572. The van der Waals surface area contributed by atoms with Crippen LogP contribution < -0.4 is 5.56 Å². The highest BCUT2D eigenvalue weighted by Crippen LogP contribution is 2.30. The van der Waals surface area contributed by atoms with Gasteiger partial charge in [0.05, 0.1) is 25.4 Å². The zero-order valence-electron chi connectivity index (χ0n) is 11.0. The molecule has 0 aliphatic carbocycles. The zero-order valence-corrected chi connectivity index (χ0v) is 11.8. The highest BCUT2D eigenvalue weighted by atomic mass is 32.3. The van der Waals surface area contributed by atoms with E-state index in [1.54, 1.807) is 0 Å². The first-order chi connectivity index (χ1) is 10.3. The number of aliphatic hydroxyl groups excluding tert-OH is 1. The summed E-state index contributed by atoms with van der Waals surface area (Å²) in [4.78, 5) is 21.9. The second-order valence-electron chi connectivity index (χ2n) is 4.70. The summed E-state index contributed by atoms with van der Waals surface area (Å²) in [7, 11) is -4.61. The minimum Gasteiger partial charge on any atom is -0.390 e. The molecule has 1 fully saturated rings. The van der Waals surface area contributed by atoms with Gasteiger partial charge in [0, 0.05) is 6.42 Å². The van der Waals surface area contributed by atoms with E-state index in [1.807, 2.05) is 0 Å². The largest absolute Gasteiger partial charge is 0.397 e. The topological polar surface area (TPSA) is 157 Å². The van der Waals surface area contributed by atoms with Crippen LogP contribution in [0.4, 0.5) is 0 Å². The second kappa shape index (κ2) is 5.40. The molecule has 3 N–H and O–H groups in total. The third kappa shape index (κ3) is 2.86. The summed E-state index contributed by atoms with van der Waals surface area (Å²) >= 11 is 0. The van der Waals surface area contributed by atoms with Gasteiger partial charge in [0.2, 0.25) is 0 Å². The van der Waals surface area contributed by atoms with Crippen LogP contribution in [0.2, 0.25) is 0 Å². The smallest absolute Gasteiger partial charge is 0.390 e. The maximum atomic E-state index is 11.6. The third-order valence-corrected chi connectivity index (χ3v) is 3.69. The van der Waals surface area contributed by atoms with Crippen LogP contribution in [0.5, 0.6) is 0 Å². The summed E-state index contributed by atoms with van der Waals surface area (Å²) in [5.41, 5.74) is -0.0101. The molecule has 0 spiro atoms. The number of rotatable bonds is 4. The molecule has 0 bridgehead atoms. The van der Waals surface area contributed by atoms with Crippen molar-refractivity contribution in [2.24, 2.45) is 0 Å². The first-order valence-electron chi connectivity index (χ1n) is 6.21. The number of H-pyrrole nitrogens is 1. The average Bonchev–Trinajstić information content (AvgIpc) is 3.00. The van der Waals surface area contributed by atoms with Crippen molar-refractivity contribution >= 4 is 21.6 Å². The minimum atomic E-state index is -4.61. The Balaban J connectivity index is 1.81. The molecule has 1 aliphatic heterocycles. The lowest BCUT2D eigenvalue weighted by Crippen LogP contribution is -2.27. The summed E-state index contributed by atoms with van der Waals surface area (Å²) in [6.07, 6.45) is 0.0324. The summed E-state index contributed by atoms with van der Waals surface area (Å²) in [5, 5.41) is 9.88. The zero-order chi connectivity index (χ0) is 15.9. The van der Waals surface area contributed by atoms with Crippen LogP contribution in [0, 0.1) is 0 Å². The Kier molecular flexibility index (Phi) is 3.70. The summed E-state index contributed by atoms with van der Waals surface area (Å²) < 4.78 is 40.8. The maximum absolute atomic E-state index is 11.6. The van der Waals surface area contributed by atoms with E-state index in [0.29, 0.717) is 0 Å². The molecule has 2 aromatic rings.